The second-order valence-electron chi connectivity index (χ2n) is 7.34. The second kappa shape index (κ2) is 8.39. The third-order valence-corrected chi connectivity index (χ3v) is 5.01. The summed E-state index contributed by atoms with van der Waals surface area (Å²) in [5.74, 6) is 0.194. The number of aliphatic hydroxyl groups is 1. The molecule has 0 aliphatic carbocycles. The number of benzene rings is 2. The summed E-state index contributed by atoms with van der Waals surface area (Å²) < 4.78 is 11.1. The molecule has 0 bridgehead atoms. The van der Waals surface area contributed by atoms with Crippen LogP contribution in [0.2, 0.25) is 5.02 Å². The highest BCUT2D eigenvalue weighted by Crippen LogP contribution is 2.40. The lowest BCUT2D eigenvalue weighted by Gasteiger charge is -2.42. The third-order valence-electron chi connectivity index (χ3n) is 4.78. The first-order valence-electron chi connectivity index (χ1n) is 9.10. The maximum atomic E-state index is 10.8. The first-order chi connectivity index (χ1) is 13.3. The van der Waals surface area contributed by atoms with E-state index in [1.54, 1.807) is 24.3 Å². The van der Waals surface area contributed by atoms with Crippen molar-refractivity contribution in [3.63, 3.8) is 0 Å². The summed E-state index contributed by atoms with van der Waals surface area (Å²) in [6, 6.07) is 12.5. The Kier molecular flexibility index (Phi) is 6.13. The molecule has 2 unspecified atom stereocenters. The van der Waals surface area contributed by atoms with Crippen LogP contribution in [0, 0.1) is 0 Å². The Morgan fingerprint density at radius 2 is 1.96 bits per heavy atom. The van der Waals surface area contributed by atoms with Crippen LogP contribution in [0.4, 0.5) is 0 Å². The smallest absolute Gasteiger partial charge is 0.341 e. The van der Waals surface area contributed by atoms with Crippen LogP contribution in [0.3, 0.4) is 0 Å². The van der Waals surface area contributed by atoms with Crippen LogP contribution in [-0.2, 0) is 11.2 Å². The van der Waals surface area contributed by atoms with Gasteiger partial charge >= 0.3 is 5.97 Å². The van der Waals surface area contributed by atoms with E-state index in [0.29, 0.717) is 23.1 Å². The molecule has 0 fully saturated rings. The number of ether oxygens (including phenoxy) is 2. The maximum Gasteiger partial charge on any atom is 0.341 e. The lowest BCUT2D eigenvalue weighted by molar-refractivity contribution is -0.139. The number of rotatable bonds is 7. The van der Waals surface area contributed by atoms with Crippen LogP contribution >= 0.6 is 11.6 Å². The van der Waals surface area contributed by atoms with Gasteiger partial charge in [-0.2, -0.15) is 0 Å². The molecule has 6 nitrogen and oxygen atoms in total. The van der Waals surface area contributed by atoms with Gasteiger partial charge in [0.1, 0.15) is 23.2 Å². The van der Waals surface area contributed by atoms with E-state index in [-0.39, 0.29) is 12.6 Å². The van der Waals surface area contributed by atoms with Crippen LogP contribution in [0.5, 0.6) is 11.5 Å². The van der Waals surface area contributed by atoms with Crippen LogP contribution in [0.25, 0.3) is 0 Å². The van der Waals surface area contributed by atoms with Crippen LogP contribution in [-0.4, -0.2) is 41.0 Å². The molecule has 3 N–H and O–H groups in total. The quantitative estimate of drug-likeness (QED) is 0.655. The Bertz CT molecular complexity index is 837. The first-order valence-corrected chi connectivity index (χ1v) is 9.47. The molecule has 0 aromatic heterocycles. The molecule has 0 saturated heterocycles. The fourth-order valence-corrected chi connectivity index (χ4v) is 3.42. The van der Waals surface area contributed by atoms with E-state index in [4.69, 9.17) is 26.2 Å². The predicted molar refractivity (Wildman–Crippen MR) is 106 cm³/mol. The van der Waals surface area contributed by atoms with E-state index in [1.807, 2.05) is 32.0 Å². The van der Waals surface area contributed by atoms with E-state index in [1.165, 1.54) is 0 Å². The van der Waals surface area contributed by atoms with E-state index in [2.05, 4.69) is 5.32 Å². The highest BCUT2D eigenvalue weighted by atomic mass is 35.5. The van der Waals surface area contributed by atoms with Gasteiger partial charge in [-0.3, -0.25) is 0 Å². The number of aliphatic hydroxyl groups excluding tert-OH is 1. The lowest BCUT2D eigenvalue weighted by atomic mass is 9.86. The summed E-state index contributed by atoms with van der Waals surface area (Å²) in [6.45, 7) is 4.00. The second-order valence-corrected chi connectivity index (χ2v) is 7.78. The molecule has 7 heteroatoms. The number of aliphatic carboxylic acids is 1. The van der Waals surface area contributed by atoms with E-state index in [9.17, 15) is 9.90 Å². The molecular formula is C21H24ClNO5. The molecule has 150 valence electrons. The molecule has 1 aliphatic heterocycles. The molecule has 2 aromatic rings. The summed E-state index contributed by atoms with van der Waals surface area (Å²) in [5.41, 5.74) is 1.22. The summed E-state index contributed by atoms with van der Waals surface area (Å²) in [7, 11) is 0. The topological polar surface area (TPSA) is 88.0 Å². The van der Waals surface area contributed by atoms with Gasteiger partial charge in [0.25, 0.3) is 0 Å². The highest BCUT2D eigenvalue weighted by molar-refractivity contribution is 6.30. The maximum absolute atomic E-state index is 10.8. The zero-order valence-corrected chi connectivity index (χ0v) is 16.6. The molecular weight excluding hydrogens is 382 g/mol. The van der Waals surface area contributed by atoms with E-state index in [0.717, 1.165) is 17.5 Å². The number of fused-ring (bicyclic) bond motifs is 1. The Morgan fingerprint density at radius 1 is 1.25 bits per heavy atom. The minimum Gasteiger partial charge on any atom is -0.485 e. The Hall–Kier alpha value is -2.28. The Morgan fingerprint density at radius 3 is 2.64 bits per heavy atom. The van der Waals surface area contributed by atoms with Crippen molar-refractivity contribution in [2.75, 3.05) is 13.2 Å². The summed E-state index contributed by atoms with van der Waals surface area (Å²) >= 11 is 6.09. The summed E-state index contributed by atoms with van der Waals surface area (Å²) in [5, 5.41) is 23.4. The van der Waals surface area contributed by atoms with Crippen LogP contribution in [0.15, 0.2) is 42.5 Å². The average molecular weight is 406 g/mol. The van der Waals surface area contributed by atoms with Gasteiger partial charge in [0, 0.05) is 10.6 Å². The van der Waals surface area contributed by atoms with Crippen molar-refractivity contribution in [1.82, 2.24) is 5.32 Å². The number of carbonyl (C=O) groups is 1. The van der Waals surface area contributed by atoms with Crippen molar-refractivity contribution >= 4 is 17.6 Å². The van der Waals surface area contributed by atoms with E-state index >= 15 is 0 Å². The number of nitrogens with one attached hydrogen (secondary N) is 1. The Balaban J connectivity index is 1.63. The standard InChI is InChI=1S/C21H24ClNO5/c1-21(2)20(26)19(16-8-5-14(22)11-17(16)28-21)23-10-9-13-3-6-15(7-4-13)27-12-18(24)25/h3-8,11,19-20,23,26H,9-10,12H2,1-2H3,(H,24,25). The predicted octanol–water partition coefficient (Wildman–Crippen LogP) is 3.21. The van der Waals surface area contributed by atoms with Crippen LogP contribution < -0.4 is 14.8 Å². The Labute approximate surface area is 169 Å². The molecule has 2 aromatic carbocycles. The normalized spacial score (nSPS) is 20.1. The largest absolute Gasteiger partial charge is 0.485 e. The molecule has 0 spiro atoms. The first kappa shape index (κ1) is 20.5. The zero-order valence-electron chi connectivity index (χ0n) is 15.8. The fraction of sp³-hybridized carbons (Fsp3) is 0.381. The van der Waals surface area contributed by atoms with E-state index < -0.39 is 17.7 Å². The van der Waals surface area contributed by atoms with Crippen molar-refractivity contribution in [2.45, 2.75) is 38.0 Å². The number of halogens is 1. The van der Waals surface area contributed by atoms with Crippen molar-refractivity contribution in [2.24, 2.45) is 0 Å². The number of carboxylic acid groups (broad SMARTS) is 1. The number of hydrogen-bond donors (Lipinski definition) is 3. The number of carboxylic acids is 1. The minimum atomic E-state index is -1.01. The van der Waals surface area contributed by atoms with Gasteiger partial charge in [-0.25, -0.2) is 4.79 Å². The van der Waals surface area contributed by atoms with Gasteiger partial charge in [-0.15, -0.1) is 0 Å². The summed E-state index contributed by atoms with van der Waals surface area (Å²) in [6.07, 6.45) is 0.0279. The van der Waals surface area contributed by atoms with Gasteiger partial charge < -0.3 is 25.0 Å². The molecule has 28 heavy (non-hydrogen) atoms. The van der Waals surface area contributed by atoms with Crippen molar-refractivity contribution in [3.05, 3.63) is 58.6 Å². The molecule has 2 atom stereocenters. The van der Waals surface area contributed by atoms with Crippen molar-refractivity contribution in [1.29, 1.82) is 0 Å². The van der Waals surface area contributed by atoms with Gasteiger partial charge in [-0.05, 0) is 56.6 Å². The number of hydrogen-bond acceptors (Lipinski definition) is 5. The SMILES string of the molecule is CC1(C)Oc2cc(Cl)ccc2C(NCCc2ccc(OCC(=O)O)cc2)C1O. The monoisotopic (exact) mass is 405 g/mol. The lowest BCUT2D eigenvalue weighted by Crippen LogP contribution is -2.52. The minimum absolute atomic E-state index is 0.269. The van der Waals surface area contributed by atoms with Gasteiger partial charge in [0.2, 0.25) is 0 Å². The molecule has 0 saturated carbocycles. The zero-order chi connectivity index (χ0) is 20.3. The van der Waals surface area contributed by atoms with Crippen molar-refractivity contribution < 1.29 is 24.5 Å². The van der Waals surface area contributed by atoms with Crippen LogP contribution in [0.1, 0.15) is 31.0 Å². The molecule has 0 amide bonds. The molecule has 1 aliphatic rings. The molecule has 3 rings (SSSR count). The molecule has 1 heterocycles. The fourth-order valence-electron chi connectivity index (χ4n) is 3.26. The molecule has 0 radical (unpaired) electrons. The van der Waals surface area contributed by atoms with Gasteiger partial charge in [0.05, 0.1) is 6.04 Å². The third kappa shape index (κ3) is 4.76. The van der Waals surface area contributed by atoms with Gasteiger partial charge in [0.15, 0.2) is 6.61 Å². The van der Waals surface area contributed by atoms with Crippen molar-refractivity contribution in [3.8, 4) is 11.5 Å². The average Bonchev–Trinajstić information content (AvgIpc) is 2.63. The summed E-state index contributed by atoms with van der Waals surface area (Å²) in [4.78, 5) is 10.5. The van der Waals surface area contributed by atoms with Gasteiger partial charge in [-0.1, -0.05) is 29.8 Å². The highest BCUT2D eigenvalue weighted by Gasteiger charge is 2.42.